The maximum absolute atomic E-state index is 11.8. The number of ether oxygens (including phenoxy) is 1. The van der Waals surface area contributed by atoms with Crippen molar-refractivity contribution in [1.29, 1.82) is 0 Å². The van der Waals surface area contributed by atoms with Gasteiger partial charge in [0, 0.05) is 24.8 Å². The van der Waals surface area contributed by atoms with Gasteiger partial charge in [-0.05, 0) is 50.5 Å². The molecule has 0 aliphatic heterocycles. The number of nitrogens with one attached hydrogen (secondary N) is 1. The molecule has 1 aromatic carbocycles. The van der Waals surface area contributed by atoms with Crippen molar-refractivity contribution < 1.29 is 9.53 Å². The van der Waals surface area contributed by atoms with Crippen LogP contribution in [0.3, 0.4) is 0 Å². The normalized spacial score (nSPS) is 11.8. The summed E-state index contributed by atoms with van der Waals surface area (Å²) in [5.41, 5.74) is 1.18. The maximum atomic E-state index is 11.8. The number of amides is 1. The lowest BCUT2D eigenvalue weighted by molar-refractivity contribution is 0.196. The zero-order valence-corrected chi connectivity index (χ0v) is 14.4. The minimum atomic E-state index is -0.382. The first-order valence-corrected chi connectivity index (χ1v) is 8.44. The molecule has 0 heterocycles. The third-order valence-electron chi connectivity index (χ3n) is 3.49. The van der Waals surface area contributed by atoms with Crippen LogP contribution in [0, 0.1) is 0 Å². The van der Waals surface area contributed by atoms with Gasteiger partial charge in [-0.2, -0.15) is 0 Å². The second-order valence-corrected chi connectivity index (χ2v) is 5.70. The summed E-state index contributed by atoms with van der Waals surface area (Å²) in [7, 11) is 0. The van der Waals surface area contributed by atoms with Crippen LogP contribution in [0.5, 0.6) is 5.75 Å². The maximum Gasteiger partial charge on any atom is 0.412 e. The molecule has 1 amide bonds. The van der Waals surface area contributed by atoms with E-state index in [0.717, 1.165) is 38.8 Å². The van der Waals surface area contributed by atoms with E-state index < -0.39 is 0 Å². The van der Waals surface area contributed by atoms with E-state index in [1.165, 1.54) is 5.69 Å². The number of nitrogens with zero attached hydrogens (tertiary/aromatic N) is 1. The highest BCUT2D eigenvalue weighted by molar-refractivity contribution is 5.70. The zero-order chi connectivity index (χ0) is 16.4. The van der Waals surface area contributed by atoms with Gasteiger partial charge in [-0.15, -0.1) is 0 Å². The predicted molar refractivity (Wildman–Crippen MR) is 92.8 cm³/mol. The molecule has 22 heavy (non-hydrogen) atoms. The van der Waals surface area contributed by atoms with Crippen LogP contribution in [0.2, 0.25) is 0 Å². The van der Waals surface area contributed by atoms with Crippen molar-refractivity contribution in [2.75, 3.05) is 18.0 Å². The quantitative estimate of drug-likeness (QED) is 0.725. The van der Waals surface area contributed by atoms with E-state index >= 15 is 0 Å². The van der Waals surface area contributed by atoms with Crippen molar-refractivity contribution in [3.8, 4) is 5.75 Å². The topological polar surface area (TPSA) is 41.6 Å². The van der Waals surface area contributed by atoms with E-state index in [2.05, 4.69) is 31.0 Å². The highest BCUT2D eigenvalue weighted by Crippen LogP contribution is 2.20. The van der Waals surface area contributed by atoms with Gasteiger partial charge in [0.05, 0.1) is 0 Å². The average molecular weight is 306 g/mol. The van der Waals surface area contributed by atoms with Crippen LogP contribution in [0.15, 0.2) is 24.3 Å². The summed E-state index contributed by atoms with van der Waals surface area (Å²) < 4.78 is 5.32. The minimum Gasteiger partial charge on any atom is -0.410 e. The van der Waals surface area contributed by atoms with E-state index in [1.54, 1.807) is 0 Å². The molecule has 0 saturated heterocycles. The second kappa shape index (κ2) is 10.1. The summed E-state index contributed by atoms with van der Waals surface area (Å²) >= 11 is 0. The fraction of sp³-hybridized carbons (Fsp3) is 0.611. The first-order valence-electron chi connectivity index (χ1n) is 8.44. The summed E-state index contributed by atoms with van der Waals surface area (Å²) in [6.07, 6.45) is 3.86. The highest BCUT2D eigenvalue weighted by atomic mass is 16.6. The van der Waals surface area contributed by atoms with Gasteiger partial charge in [-0.1, -0.05) is 27.2 Å². The van der Waals surface area contributed by atoms with Crippen molar-refractivity contribution in [1.82, 2.24) is 5.32 Å². The Labute approximate surface area is 134 Å². The van der Waals surface area contributed by atoms with Gasteiger partial charge in [0.25, 0.3) is 0 Å². The van der Waals surface area contributed by atoms with Gasteiger partial charge in [-0.3, -0.25) is 0 Å². The first kappa shape index (κ1) is 18.3. The van der Waals surface area contributed by atoms with Gasteiger partial charge >= 0.3 is 6.09 Å². The van der Waals surface area contributed by atoms with Gasteiger partial charge < -0.3 is 15.0 Å². The fourth-order valence-electron chi connectivity index (χ4n) is 2.48. The molecule has 4 nitrogen and oxygen atoms in total. The Kier molecular flexibility index (Phi) is 8.41. The first-order chi connectivity index (χ1) is 10.6. The van der Waals surface area contributed by atoms with Crippen molar-refractivity contribution in [2.45, 2.75) is 59.4 Å². The number of carbonyl (C=O) groups is 1. The molecule has 0 saturated carbocycles. The molecule has 1 atom stereocenters. The van der Waals surface area contributed by atoms with Gasteiger partial charge in [0.15, 0.2) is 0 Å². The Morgan fingerprint density at radius 2 is 1.68 bits per heavy atom. The van der Waals surface area contributed by atoms with Crippen LogP contribution < -0.4 is 15.0 Å². The van der Waals surface area contributed by atoms with Crippen molar-refractivity contribution in [3.63, 3.8) is 0 Å². The molecule has 0 aliphatic rings. The molecule has 4 heteroatoms. The molecule has 124 valence electrons. The minimum absolute atomic E-state index is 0.140. The van der Waals surface area contributed by atoms with E-state index in [0.29, 0.717) is 5.75 Å². The van der Waals surface area contributed by atoms with Crippen LogP contribution >= 0.6 is 0 Å². The van der Waals surface area contributed by atoms with Crippen LogP contribution in [-0.4, -0.2) is 25.2 Å². The molecule has 0 bridgehead atoms. The molecular formula is C18H30N2O2. The molecule has 1 N–H and O–H groups in total. The molecule has 1 rings (SSSR count). The van der Waals surface area contributed by atoms with Crippen LogP contribution in [-0.2, 0) is 0 Å². The van der Waals surface area contributed by atoms with Gasteiger partial charge in [0.2, 0.25) is 0 Å². The van der Waals surface area contributed by atoms with E-state index in [1.807, 2.05) is 31.2 Å². The lowest BCUT2D eigenvalue weighted by Crippen LogP contribution is -2.34. The number of rotatable bonds is 9. The number of hydrogen-bond donors (Lipinski definition) is 1. The van der Waals surface area contributed by atoms with Gasteiger partial charge in [0.1, 0.15) is 5.75 Å². The van der Waals surface area contributed by atoms with E-state index in [9.17, 15) is 4.79 Å². The summed E-state index contributed by atoms with van der Waals surface area (Å²) in [5, 5.41) is 2.84. The Balaban J connectivity index is 2.58. The summed E-state index contributed by atoms with van der Waals surface area (Å²) in [6, 6.07) is 7.89. The molecule has 0 aliphatic carbocycles. The Bertz CT molecular complexity index is 425. The van der Waals surface area contributed by atoms with Gasteiger partial charge in [-0.25, -0.2) is 4.79 Å². The SMILES string of the molecule is CCC[C@@H](C)NC(=O)Oc1ccc(N(CCC)CCC)cc1. The lowest BCUT2D eigenvalue weighted by Gasteiger charge is -2.23. The van der Waals surface area contributed by atoms with Crippen LogP contribution in [0.4, 0.5) is 10.5 Å². The third kappa shape index (κ3) is 6.37. The van der Waals surface area contributed by atoms with Crippen LogP contribution in [0.1, 0.15) is 53.4 Å². The standard InChI is InChI=1S/C18H30N2O2/c1-5-8-15(4)19-18(21)22-17-11-9-16(10-12-17)20(13-6-2)14-7-3/h9-12,15H,5-8,13-14H2,1-4H3,(H,19,21)/t15-/m1/s1. The Hall–Kier alpha value is -1.71. The summed E-state index contributed by atoms with van der Waals surface area (Å²) in [4.78, 5) is 14.1. The summed E-state index contributed by atoms with van der Waals surface area (Å²) in [5.74, 6) is 0.581. The smallest absolute Gasteiger partial charge is 0.410 e. The van der Waals surface area contributed by atoms with E-state index in [-0.39, 0.29) is 12.1 Å². The lowest BCUT2D eigenvalue weighted by atomic mass is 10.2. The molecule has 0 radical (unpaired) electrons. The number of carbonyl (C=O) groups excluding carboxylic acids is 1. The largest absolute Gasteiger partial charge is 0.412 e. The third-order valence-corrected chi connectivity index (χ3v) is 3.49. The molecule has 0 aromatic heterocycles. The Morgan fingerprint density at radius 1 is 1.09 bits per heavy atom. The van der Waals surface area contributed by atoms with E-state index in [4.69, 9.17) is 4.74 Å². The Morgan fingerprint density at radius 3 is 2.18 bits per heavy atom. The predicted octanol–water partition coefficient (Wildman–Crippen LogP) is 4.59. The highest BCUT2D eigenvalue weighted by Gasteiger charge is 2.09. The molecular weight excluding hydrogens is 276 g/mol. The molecule has 1 aromatic rings. The average Bonchev–Trinajstić information content (AvgIpc) is 2.48. The summed E-state index contributed by atoms with van der Waals surface area (Å²) in [6.45, 7) is 10.5. The molecule has 0 unspecified atom stereocenters. The number of hydrogen-bond acceptors (Lipinski definition) is 3. The van der Waals surface area contributed by atoms with Crippen molar-refractivity contribution in [3.05, 3.63) is 24.3 Å². The zero-order valence-electron chi connectivity index (χ0n) is 14.4. The fourth-order valence-corrected chi connectivity index (χ4v) is 2.48. The molecule has 0 spiro atoms. The van der Waals surface area contributed by atoms with Crippen LogP contribution in [0.25, 0.3) is 0 Å². The monoisotopic (exact) mass is 306 g/mol. The second-order valence-electron chi connectivity index (χ2n) is 5.70. The van der Waals surface area contributed by atoms with Crippen molar-refractivity contribution in [2.24, 2.45) is 0 Å². The number of benzene rings is 1. The van der Waals surface area contributed by atoms with Crippen molar-refractivity contribution >= 4 is 11.8 Å². The number of anilines is 1. The molecule has 0 fully saturated rings.